The van der Waals surface area contributed by atoms with Crippen molar-refractivity contribution in [3.8, 4) is 5.75 Å². The number of hydrogen-bond acceptors (Lipinski definition) is 4. The van der Waals surface area contributed by atoms with Crippen LogP contribution in [-0.2, 0) is 15.9 Å². The fraction of sp³-hybridized carbons (Fsp3) is 0.538. The molecule has 2 N–H and O–H groups in total. The third-order valence-electron chi connectivity index (χ3n) is 2.94. The van der Waals surface area contributed by atoms with Crippen LogP contribution in [-0.4, -0.2) is 35.3 Å². The van der Waals surface area contributed by atoms with E-state index in [1.165, 1.54) is 0 Å². The quantitative estimate of drug-likeness (QED) is 0.833. The van der Waals surface area contributed by atoms with E-state index in [-0.39, 0.29) is 18.5 Å². The zero-order valence-electron chi connectivity index (χ0n) is 9.93. The summed E-state index contributed by atoms with van der Waals surface area (Å²) in [5.74, 6) is -0.454. The van der Waals surface area contributed by atoms with Gasteiger partial charge >= 0.3 is 0 Å². The summed E-state index contributed by atoms with van der Waals surface area (Å²) < 4.78 is 11.4. The van der Waals surface area contributed by atoms with Gasteiger partial charge in [0.1, 0.15) is 5.75 Å². The first-order valence-corrected chi connectivity index (χ1v) is 5.82. The van der Waals surface area contributed by atoms with E-state index in [0.717, 1.165) is 5.56 Å². The fourth-order valence-corrected chi connectivity index (χ4v) is 2.08. The molecule has 4 nitrogen and oxygen atoms in total. The molecule has 0 radical (unpaired) electrons. The summed E-state index contributed by atoms with van der Waals surface area (Å²) in [6.45, 7) is 2.45. The van der Waals surface area contributed by atoms with Gasteiger partial charge in [0.25, 0.3) is 0 Å². The third-order valence-corrected chi connectivity index (χ3v) is 2.94. The molecule has 1 aliphatic rings. The van der Waals surface area contributed by atoms with Gasteiger partial charge in [-0.15, -0.1) is 0 Å². The normalized spacial score (nSPS) is 28.5. The van der Waals surface area contributed by atoms with E-state index in [1.54, 1.807) is 12.1 Å². The SMILES string of the molecule is CC1(Cc2ccccc2O)OCC(CCO)O1. The van der Waals surface area contributed by atoms with Crippen LogP contribution in [0.4, 0.5) is 0 Å². The second-order valence-electron chi connectivity index (χ2n) is 4.50. The van der Waals surface area contributed by atoms with E-state index in [4.69, 9.17) is 14.6 Å². The number of rotatable bonds is 4. The Hall–Kier alpha value is -1.10. The summed E-state index contributed by atoms with van der Waals surface area (Å²) in [6, 6.07) is 7.16. The molecule has 2 unspecified atom stereocenters. The van der Waals surface area contributed by atoms with Gasteiger partial charge in [0, 0.05) is 13.0 Å². The molecule has 17 heavy (non-hydrogen) atoms. The number of ether oxygens (including phenoxy) is 2. The van der Waals surface area contributed by atoms with Crippen LogP contribution in [0.25, 0.3) is 0 Å². The minimum absolute atomic E-state index is 0.0594. The van der Waals surface area contributed by atoms with Crippen molar-refractivity contribution in [1.82, 2.24) is 0 Å². The molecule has 1 aromatic carbocycles. The van der Waals surface area contributed by atoms with Gasteiger partial charge in [-0.2, -0.15) is 0 Å². The summed E-state index contributed by atoms with van der Waals surface area (Å²) in [5, 5.41) is 18.6. The minimum atomic E-state index is -0.710. The van der Waals surface area contributed by atoms with Crippen molar-refractivity contribution < 1.29 is 19.7 Å². The number of phenolic OH excluding ortho intramolecular Hbond substituents is 1. The Labute approximate surface area is 101 Å². The topological polar surface area (TPSA) is 58.9 Å². The van der Waals surface area contributed by atoms with Crippen molar-refractivity contribution in [2.75, 3.05) is 13.2 Å². The van der Waals surface area contributed by atoms with Crippen LogP contribution in [0.5, 0.6) is 5.75 Å². The molecule has 0 saturated carbocycles. The summed E-state index contributed by atoms with van der Waals surface area (Å²) in [5.41, 5.74) is 0.805. The molecule has 0 aliphatic carbocycles. The van der Waals surface area contributed by atoms with E-state index < -0.39 is 5.79 Å². The number of phenols is 1. The number of para-hydroxylation sites is 1. The zero-order chi connectivity index (χ0) is 12.3. The van der Waals surface area contributed by atoms with Gasteiger partial charge < -0.3 is 19.7 Å². The zero-order valence-corrected chi connectivity index (χ0v) is 9.93. The van der Waals surface area contributed by atoms with E-state index in [0.29, 0.717) is 19.4 Å². The van der Waals surface area contributed by atoms with Crippen molar-refractivity contribution >= 4 is 0 Å². The lowest BCUT2D eigenvalue weighted by atomic mass is 10.1. The monoisotopic (exact) mass is 238 g/mol. The van der Waals surface area contributed by atoms with Gasteiger partial charge in [0.15, 0.2) is 5.79 Å². The van der Waals surface area contributed by atoms with Crippen LogP contribution in [0.3, 0.4) is 0 Å². The van der Waals surface area contributed by atoms with Crippen molar-refractivity contribution in [3.05, 3.63) is 29.8 Å². The molecule has 1 aromatic rings. The highest BCUT2D eigenvalue weighted by atomic mass is 16.7. The average Bonchev–Trinajstić information content (AvgIpc) is 2.64. The molecule has 2 rings (SSSR count). The number of benzene rings is 1. The van der Waals surface area contributed by atoms with E-state index >= 15 is 0 Å². The Kier molecular flexibility index (Phi) is 3.66. The molecule has 0 aromatic heterocycles. The Bertz CT molecular complexity index is 379. The molecule has 94 valence electrons. The van der Waals surface area contributed by atoms with Crippen LogP contribution >= 0.6 is 0 Å². The van der Waals surface area contributed by atoms with Crippen molar-refractivity contribution in [1.29, 1.82) is 0 Å². The van der Waals surface area contributed by atoms with Crippen LogP contribution in [0.2, 0.25) is 0 Å². The molecule has 1 saturated heterocycles. The maximum Gasteiger partial charge on any atom is 0.170 e. The van der Waals surface area contributed by atoms with Gasteiger partial charge in [-0.25, -0.2) is 0 Å². The van der Waals surface area contributed by atoms with Gasteiger partial charge in [-0.05, 0) is 25.0 Å². The molecule has 4 heteroatoms. The lowest BCUT2D eigenvalue weighted by Gasteiger charge is -2.23. The minimum Gasteiger partial charge on any atom is -0.508 e. The predicted molar refractivity (Wildman–Crippen MR) is 62.7 cm³/mol. The smallest absolute Gasteiger partial charge is 0.170 e. The molecule has 1 heterocycles. The van der Waals surface area contributed by atoms with Crippen molar-refractivity contribution in [2.24, 2.45) is 0 Å². The lowest BCUT2D eigenvalue weighted by molar-refractivity contribution is -0.153. The molecular formula is C13H18O4. The molecule has 1 fully saturated rings. The summed E-state index contributed by atoms with van der Waals surface area (Å²) >= 11 is 0. The first kappa shape index (κ1) is 12.4. The fourth-order valence-electron chi connectivity index (χ4n) is 2.08. The second-order valence-corrected chi connectivity index (χ2v) is 4.50. The Morgan fingerprint density at radius 3 is 2.88 bits per heavy atom. The molecular weight excluding hydrogens is 220 g/mol. The van der Waals surface area contributed by atoms with Crippen LogP contribution in [0, 0.1) is 0 Å². The van der Waals surface area contributed by atoms with Crippen LogP contribution in [0.15, 0.2) is 24.3 Å². The molecule has 0 bridgehead atoms. The van der Waals surface area contributed by atoms with Crippen LogP contribution < -0.4 is 0 Å². The van der Waals surface area contributed by atoms with E-state index in [9.17, 15) is 5.11 Å². The van der Waals surface area contributed by atoms with E-state index in [1.807, 2.05) is 19.1 Å². The summed E-state index contributed by atoms with van der Waals surface area (Å²) in [7, 11) is 0. The molecule has 1 aliphatic heterocycles. The van der Waals surface area contributed by atoms with Crippen molar-refractivity contribution in [3.63, 3.8) is 0 Å². The highest BCUT2D eigenvalue weighted by Crippen LogP contribution is 2.31. The highest BCUT2D eigenvalue weighted by molar-refractivity contribution is 5.32. The number of hydrogen-bond donors (Lipinski definition) is 2. The number of aromatic hydroxyl groups is 1. The summed E-state index contributed by atoms with van der Waals surface area (Å²) in [6.07, 6.45) is 1.02. The summed E-state index contributed by atoms with van der Waals surface area (Å²) in [4.78, 5) is 0. The number of aliphatic hydroxyl groups is 1. The first-order chi connectivity index (χ1) is 8.13. The number of aliphatic hydroxyl groups excluding tert-OH is 1. The predicted octanol–water partition coefficient (Wildman–Crippen LogP) is 1.45. The van der Waals surface area contributed by atoms with Gasteiger partial charge in [-0.1, -0.05) is 18.2 Å². The Morgan fingerprint density at radius 1 is 1.41 bits per heavy atom. The molecule has 0 amide bonds. The highest BCUT2D eigenvalue weighted by Gasteiger charge is 2.37. The third kappa shape index (κ3) is 2.97. The van der Waals surface area contributed by atoms with Gasteiger partial charge in [-0.3, -0.25) is 0 Å². The Balaban J connectivity index is 2.02. The Morgan fingerprint density at radius 2 is 2.18 bits per heavy atom. The largest absolute Gasteiger partial charge is 0.508 e. The molecule has 0 spiro atoms. The standard InChI is InChI=1S/C13H18O4/c1-13(16-9-11(17-13)6-7-14)8-10-4-2-3-5-12(10)15/h2-5,11,14-15H,6-9H2,1H3. The lowest BCUT2D eigenvalue weighted by Crippen LogP contribution is -2.29. The maximum atomic E-state index is 9.70. The maximum absolute atomic E-state index is 9.70. The van der Waals surface area contributed by atoms with Gasteiger partial charge in [0.05, 0.1) is 12.7 Å². The van der Waals surface area contributed by atoms with Gasteiger partial charge in [0.2, 0.25) is 0 Å². The van der Waals surface area contributed by atoms with Crippen LogP contribution in [0.1, 0.15) is 18.9 Å². The second kappa shape index (κ2) is 5.04. The molecule has 2 atom stereocenters. The first-order valence-electron chi connectivity index (χ1n) is 5.82. The van der Waals surface area contributed by atoms with E-state index in [2.05, 4.69) is 0 Å². The average molecular weight is 238 g/mol. The van der Waals surface area contributed by atoms with Crippen molar-refractivity contribution in [2.45, 2.75) is 31.7 Å².